The lowest BCUT2D eigenvalue weighted by Gasteiger charge is -2.35. The summed E-state index contributed by atoms with van der Waals surface area (Å²) in [6.07, 6.45) is 1.80. The first kappa shape index (κ1) is 20.1. The van der Waals surface area contributed by atoms with Gasteiger partial charge in [0.1, 0.15) is 23.8 Å². The molecule has 1 aliphatic rings. The van der Waals surface area contributed by atoms with Gasteiger partial charge in [-0.15, -0.1) is 0 Å². The van der Waals surface area contributed by atoms with Gasteiger partial charge < -0.3 is 9.80 Å². The zero-order chi connectivity index (χ0) is 21.4. The van der Waals surface area contributed by atoms with Gasteiger partial charge in [-0.2, -0.15) is 0 Å². The molecule has 30 heavy (non-hydrogen) atoms. The molecule has 1 fully saturated rings. The largest absolute Gasteiger partial charge is 0.353 e. The van der Waals surface area contributed by atoms with Crippen LogP contribution in [0.4, 0.5) is 5.82 Å². The molecule has 0 saturated carbocycles. The van der Waals surface area contributed by atoms with Gasteiger partial charge >= 0.3 is 0 Å². The number of hydrogen-bond acceptors (Lipinski definition) is 5. The van der Waals surface area contributed by atoms with Gasteiger partial charge in [-0.25, -0.2) is 15.0 Å². The number of rotatable bonds is 3. The number of imidazole rings is 1. The molecule has 1 aromatic carbocycles. The van der Waals surface area contributed by atoms with Crippen LogP contribution in [0.15, 0.2) is 30.6 Å². The molecule has 7 nitrogen and oxygen atoms in total. The van der Waals surface area contributed by atoms with E-state index in [9.17, 15) is 4.79 Å². The normalized spacial score (nSPS) is 14.3. The van der Waals surface area contributed by atoms with E-state index >= 15 is 0 Å². The number of benzene rings is 1. The van der Waals surface area contributed by atoms with Crippen LogP contribution in [0.1, 0.15) is 38.7 Å². The van der Waals surface area contributed by atoms with Crippen LogP contribution in [0.2, 0.25) is 0 Å². The van der Waals surface area contributed by atoms with E-state index in [0.29, 0.717) is 13.1 Å². The van der Waals surface area contributed by atoms with Crippen molar-refractivity contribution >= 4 is 11.7 Å². The molecule has 3 heterocycles. The number of piperazine rings is 1. The Kier molecular flexibility index (Phi) is 5.28. The lowest BCUT2D eigenvalue weighted by atomic mass is 10.1. The highest BCUT2D eigenvalue weighted by Gasteiger charge is 2.24. The van der Waals surface area contributed by atoms with Gasteiger partial charge in [-0.3, -0.25) is 9.36 Å². The Balaban J connectivity index is 1.49. The lowest BCUT2D eigenvalue weighted by Crippen LogP contribution is -2.49. The molecule has 0 spiro atoms. The van der Waals surface area contributed by atoms with Crippen LogP contribution < -0.4 is 4.90 Å². The van der Waals surface area contributed by atoms with Crippen LogP contribution in [0.25, 0.3) is 5.82 Å². The summed E-state index contributed by atoms with van der Waals surface area (Å²) < 4.78 is 1.99. The van der Waals surface area contributed by atoms with Crippen LogP contribution in [0.3, 0.4) is 0 Å². The molecule has 7 heteroatoms. The maximum absolute atomic E-state index is 12.9. The van der Waals surface area contributed by atoms with E-state index in [4.69, 9.17) is 0 Å². The quantitative estimate of drug-likeness (QED) is 0.671. The van der Waals surface area contributed by atoms with Gasteiger partial charge in [0.15, 0.2) is 0 Å². The van der Waals surface area contributed by atoms with Crippen molar-refractivity contribution in [3.63, 3.8) is 0 Å². The van der Waals surface area contributed by atoms with Crippen LogP contribution in [-0.4, -0.2) is 56.5 Å². The molecule has 3 aromatic rings. The maximum atomic E-state index is 12.9. The molecule has 0 radical (unpaired) electrons. The molecule has 2 aromatic heterocycles. The Morgan fingerprint density at radius 2 is 1.57 bits per heavy atom. The highest BCUT2D eigenvalue weighted by Crippen LogP contribution is 2.20. The third-order valence-electron chi connectivity index (χ3n) is 5.95. The van der Waals surface area contributed by atoms with Crippen molar-refractivity contribution in [3.8, 4) is 5.82 Å². The minimum atomic E-state index is 0.0989. The first-order valence-electron chi connectivity index (χ1n) is 10.3. The number of amides is 1. The fraction of sp³-hybridized carbons (Fsp3) is 0.391. The maximum Gasteiger partial charge on any atom is 0.253 e. The SMILES string of the molecule is Cc1nc(N2CCN(C(=O)c3ccc(C)c(C)c3)CC2)cc(-n2cnc(C)c2C)n1. The molecule has 1 saturated heterocycles. The van der Waals surface area contributed by atoms with Gasteiger partial charge in [0.25, 0.3) is 5.91 Å². The van der Waals surface area contributed by atoms with Crippen LogP contribution in [0.5, 0.6) is 0 Å². The number of aromatic nitrogens is 4. The predicted octanol–water partition coefficient (Wildman–Crippen LogP) is 3.17. The van der Waals surface area contributed by atoms with E-state index in [1.165, 1.54) is 5.56 Å². The molecule has 156 valence electrons. The Hall–Kier alpha value is -3.22. The Bertz CT molecular complexity index is 1100. The topological polar surface area (TPSA) is 67.2 Å². The van der Waals surface area contributed by atoms with E-state index in [0.717, 1.165) is 53.1 Å². The lowest BCUT2D eigenvalue weighted by molar-refractivity contribution is 0.0746. The third-order valence-corrected chi connectivity index (χ3v) is 5.95. The van der Waals surface area contributed by atoms with E-state index in [1.54, 1.807) is 6.33 Å². The van der Waals surface area contributed by atoms with Crippen molar-refractivity contribution in [2.75, 3.05) is 31.1 Å². The number of carbonyl (C=O) groups is 1. The molecular formula is C23H28N6O. The zero-order valence-corrected chi connectivity index (χ0v) is 18.3. The monoisotopic (exact) mass is 404 g/mol. The zero-order valence-electron chi connectivity index (χ0n) is 18.3. The van der Waals surface area contributed by atoms with E-state index in [-0.39, 0.29) is 5.91 Å². The highest BCUT2D eigenvalue weighted by molar-refractivity contribution is 5.94. The molecule has 0 unspecified atom stereocenters. The van der Waals surface area contributed by atoms with E-state index in [2.05, 4.69) is 26.8 Å². The number of aryl methyl sites for hydroxylation is 4. The van der Waals surface area contributed by atoms with E-state index in [1.807, 2.05) is 61.4 Å². The number of hydrogen-bond donors (Lipinski definition) is 0. The molecular weight excluding hydrogens is 376 g/mol. The van der Waals surface area contributed by atoms with Gasteiger partial charge in [0.2, 0.25) is 0 Å². The molecule has 1 aliphatic heterocycles. The highest BCUT2D eigenvalue weighted by atomic mass is 16.2. The fourth-order valence-corrected chi connectivity index (χ4v) is 3.75. The van der Waals surface area contributed by atoms with Gasteiger partial charge in [0.05, 0.1) is 5.69 Å². The molecule has 0 N–H and O–H groups in total. The first-order chi connectivity index (χ1) is 14.3. The smallest absolute Gasteiger partial charge is 0.253 e. The van der Waals surface area contributed by atoms with Crippen molar-refractivity contribution in [2.45, 2.75) is 34.6 Å². The van der Waals surface area contributed by atoms with Crippen molar-refractivity contribution < 1.29 is 4.79 Å². The molecule has 0 bridgehead atoms. The fourth-order valence-electron chi connectivity index (χ4n) is 3.75. The number of carbonyl (C=O) groups excluding carboxylic acids is 1. The minimum absolute atomic E-state index is 0.0989. The van der Waals surface area contributed by atoms with Crippen LogP contribution >= 0.6 is 0 Å². The second kappa shape index (κ2) is 7.89. The summed E-state index contributed by atoms with van der Waals surface area (Å²) >= 11 is 0. The first-order valence-corrected chi connectivity index (χ1v) is 10.3. The average molecular weight is 405 g/mol. The minimum Gasteiger partial charge on any atom is -0.353 e. The van der Waals surface area contributed by atoms with Crippen LogP contribution in [-0.2, 0) is 0 Å². The summed E-state index contributed by atoms with van der Waals surface area (Å²) in [6.45, 7) is 12.9. The summed E-state index contributed by atoms with van der Waals surface area (Å²) in [5.41, 5.74) is 5.18. The summed E-state index contributed by atoms with van der Waals surface area (Å²) in [5.74, 6) is 2.54. The molecule has 4 rings (SSSR count). The Morgan fingerprint density at radius 1 is 0.867 bits per heavy atom. The van der Waals surface area contributed by atoms with Gasteiger partial charge in [-0.1, -0.05) is 6.07 Å². The molecule has 0 aliphatic carbocycles. The Labute approximate surface area is 177 Å². The third kappa shape index (κ3) is 3.79. The summed E-state index contributed by atoms with van der Waals surface area (Å²) in [5, 5.41) is 0. The van der Waals surface area contributed by atoms with Crippen molar-refractivity contribution in [1.29, 1.82) is 0 Å². The molecule has 1 amide bonds. The van der Waals surface area contributed by atoms with Crippen molar-refractivity contribution in [2.24, 2.45) is 0 Å². The molecule has 0 atom stereocenters. The van der Waals surface area contributed by atoms with Crippen molar-refractivity contribution in [1.82, 2.24) is 24.4 Å². The summed E-state index contributed by atoms with van der Waals surface area (Å²) in [7, 11) is 0. The summed E-state index contributed by atoms with van der Waals surface area (Å²) in [4.78, 5) is 30.7. The van der Waals surface area contributed by atoms with E-state index < -0.39 is 0 Å². The second-order valence-corrected chi connectivity index (χ2v) is 8.00. The van der Waals surface area contributed by atoms with Crippen molar-refractivity contribution in [3.05, 3.63) is 64.5 Å². The summed E-state index contributed by atoms with van der Waals surface area (Å²) in [6, 6.07) is 7.93. The number of anilines is 1. The van der Waals surface area contributed by atoms with Gasteiger partial charge in [-0.05, 0) is 57.9 Å². The van der Waals surface area contributed by atoms with Gasteiger partial charge in [0, 0.05) is 43.5 Å². The predicted molar refractivity (Wildman–Crippen MR) is 117 cm³/mol. The average Bonchev–Trinajstić information content (AvgIpc) is 3.08. The number of nitrogens with zero attached hydrogens (tertiary/aromatic N) is 6. The second-order valence-electron chi connectivity index (χ2n) is 8.00. The van der Waals surface area contributed by atoms with Crippen LogP contribution in [0, 0.1) is 34.6 Å². The Morgan fingerprint density at radius 3 is 2.20 bits per heavy atom. The standard InChI is InChI=1S/C23H28N6O/c1-15-6-7-20(12-16(15)2)23(30)28-10-8-27(9-11-28)21-13-22(26-19(5)25-21)29-14-24-17(3)18(29)4/h6-7,12-14H,8-11H2,1-5H3.